The summed E-state index contributed by atoms with van der Waals surface area (Å²) < 4.78 is 0. The number of anilines is 1. The number of hydrogen-bond acceptors (Lipinski definition) is 4. The van der Waals surface area contributed by atoms with Gasteiger partial charge in [-0.15, -0.1) is 0 Å². The SMILES string of the molecule is CC(NC(=O)[C@@H](N)CN1CCCC1=O)c1cccc(N2CCCC2=O)c1. The van der Waals surface area contributed by atoms with Crippen LogP contribution in [-0.4, -0.2) is 48.3 Å². The number of amides is 3. The van der Waals surface area contributed by atoms with Crippen molar-refractivity contribution in [3.8, 4) is 0 Å². The van der Waals surface area contributed by atoms with Gasteiger partial charge < -0.3 is 20.9 Å². The maximum absolute atomic E-state index is 12.4. The Morgan fingerprint density at radius 2 is 1.92 bits per heavy atom. The lowest BCUT2D eigenvalue weighted by Gasteiger charge is -2.23. The van der Waals surface area contributed by atoms with Crippen molar-refractivity contribution in [2.75, 3.05) is 24.5 Å². The van der Waals surface area contributed by atoms with Crippen molar-refractivity contribution in [1.29, 1.82) is 0 Å². The summed E-state index contributed by atoms with van der Waals surface area (Å²) in [4.78, 5) is 39.4. The van der Waals surface area contributed by atoms with E-state index in [4.69, 9.17) is 5.73 Å². The van der Waals surface area contributed by atoms with Crippen LogP contribution in [0, 0.1) is 0 Å². The van der Waals surface area contributed by atoms with Crippen molar-refractivity contribution >= 4 is 23.4 Å². The highest BCUT2D eigenvalue weighted by Gasteiger charge is 2.26. The molecule has 1 aromatic carbocycles. The third-order valence-electron chi connectivity index (χ3n) is 5.04. The van der Waals surface area contributed by atoms with Crippen molar-refractivity contribution < 1.29 is 14.4 Å². The summed E-state index contributed by atoms with van der Waals surface area (Å²) in [6.45, 7) is 3.54. The first-order chi connectivity index (χ1) is 12.5. The van der Waals surface area contributed by atoms with Gasteiger partial charge in [0.1, 0.15) is 6.04 Å². The van der Waals surface area contributed by atoms with Crippen LogP contribution >= 0.6 is 0 Å². The molecule has 0 aromatic heterocycles. The first-order valence-electron chi connectivity index (χ1n) is 9.20. The Hall–Kier alpha value is -2.41. The molecule has 7 heteroatoms. The molecule has 7 nitrogen and oxygen atoms in total. The van der Waals surface area contributed by atoms with E-state index >= 15 is 0 Å². The summed E-state index contributed by atoms with van der Waals surface area (Å²) >= 11 is 0. The topological polar surface area (TPSA) is 95.7 Å². The van der Waals surface area contributed by atoms with Gasteiger partial charge in [-0.1, -0.05) is 12.1 Å². The van der Waals surface area contributed by atoms with E-state index in [0.717, 1.165) is 30.6 Å². The molecule has 3 amide bonds. The number of benzene rings is 1. The second-order valence-corrected chi connectivity index (χ2v) is 7.02. The number of nitrogens with one attached hydrogen (secondary N) is 1. The van der Waals surface area contributed by atoms with Crippen LogP contribution < -0.4 is 16.0 Å². The van der Waals surface area contributed by atoms with Crippen LogP contribution in [0.1, 0.15) is 44.2 Å². The Morgan fingerprint density at radius 1 is 1.19 bits per heavy atom. The second-order valence-electron chi connectivity index (χ2n) is 7.02. The van der Waals surface area contributed by atoms with Gasteiger partial charge in [0.2, 0.25) is 17.7 Å². The standard InChI is InChI=1S/C19H26N4O3/c1-13(21-19(26)16(20)12-22-9-3-7-17(22)24)14-5-2-6-15(11-14)23-10-4-8-18(23)25/h2,5-6,11,13,16H,3-4,7-10,12,20H2,1H3,(H,21,26)/t13?,16-/m0/s1. The Bertz CT molecular complexity index is 706. The Labute approximate surface area is 153 Å². The maximum atomic E-state index is 12.4. The van der Waals surface area contributed by atoms with Crippen LogP contribution in [0.4, 0.5) is 5.69 Å². The van der Waals surface area contributed by atoms with E-state index in [2.05, 4.69) is 5.32 Å². The number of carbonyl (C=O) groups is 3. The van der Waals surface area contributed by atoms with Crippen LogP contribution in [0.25, 0.3) is 0 Å². The summed E-state index contributed by atoms with van der Waals surface area (Å²) in [5.74, 6) is -0.0831. The van der Waals surface area contributed by atoms with Crippen molar-refractivity contribution in [3.63, 3.8) is 0 Å². The average molecular weight is 358 g/mol. The molecule has 2 aliphatic rings. The first-order valence-corrected chi connectivity index (χ1v) is 9.20. The van der Waals surface area contributed by atoms with Crippen molar-refractivity contribution in [1.82, 2.24) is 10.2 Å². The van der Waals surface area contributed by atoms with Gasteiger partial charge in [-0.3, -0.25) is 14.4 Å². The van der Waals surface area contributed by atoms with Gasteiger partial charge in [0, 0.05) is 38.2 Å². The fourth-order valence-corrected chi connectivity index (χ4v) is 3.50. The number of rotatable bonds is 6. The Morgan fingerprint density at radius 3 is 2.58 bits per heavy atom. The highest BCUT2D eigenvalue weighted by atomic mass is 16.2. The summed E-state index contributed by atoms with van der Waals surface area (Å²) in [6, 6.07) is 6.67. The molecule has 2 heterocycles. The minimum atomic E-state index is -0.747. The largest absolute Gasteiger partial charge is 0.348 e. The van der Waals surface area contributed by atoms with Gasteiger partial charge >= 0.3 is 0 Å². The van der Waals surface area contributed by atoms with Gasteiger partial charge in [-0.2, -0.15) is 0 Å². The molecular formula is C19H26N4O3. The molecule has 2 fully saturated rings. The molecule has 2 saturated heterocycles. The van der Waals surface area contributed by atoms with E-state index in [1.165, 1.54) is 0 Å². The maximum Gasteiger partial charge on any atom is 0.239 e. The summed E-state index contributed by atoms with van der Waals surface area (Å²) in [7, 11) is 0. The van der Waals surface area contributed by atoms with Crippen LogP contribution in [0.3, 0.4) is 0 Å². The Kier molecular flexibility index (Phi) is 5.56. The zero-order chi connectivity index (χ0) is 18.7. The molecule has 0 saturated carbocycles. The molecule has 26 heavy (non-hydrogen) atoms. The highest BCUT2D eigenvalue weighted by Crippen LogP contribution is 2.24. The third-order valence-corrected chi connectivity index (χ3v) is 5.04. The lowest BCUT2D eigenvalue weighted by molar-refractivity contribution is -0.129. The average Bonchev–Trinajstić information content (AvgIpc) is 3.23. The van der Waals surface area contributed by atoms with Gasteiger partial charge in [0.05, 0.1) is 6.04 Å². The van der Waals surface area contributed by atoms with E-state index in [1.807, 2.05) is 31.2 Å². The summed E-state index contributed by atoms with van der Waals surface area (Å²) in [5, 5.41) is 2.91. The first kappa shape index (κ1) is 18.4. The fourth-order valence-electron chi connectivity index (χ4n) is 3.50. The van der Waals surface area contributed by atoms with Crippen LogP contribution in [-0.2, 0) is 14.4 Å². The van der Waals surface area contributed by atoms with E-state index in [0.29, 0.717) is 19.4 Å². The molecule has 140 valence electrons. The molecule has 2 aliphatic heterocycles. The zero-order valence-corrected chi connectivity index (χ0v) is 15.1. The molecule has 1 aromatic rings. The van der Waals surface area contributed by atoms with E-state index in [1.54, 1.807) is 9.80 Å². The molecule has 3 N–H and O–H groups in total. The molecule has 0 radical (unpaired) electrons. The van der Waals surface area contributed by atoms with Gasteiger partial charge in [0.15, 0.2) is 0 Å². The van der Waals surface area contributed by atoms with Gasteiger partial charge in [-0.05, 0) is 37.5 Å². The lowest BCUT2D eigenvalue weighted by Crippen LogP contribution is -2.48. The number of carbonyl (C=O) groups excluding carboxylic acids is 3. The predicted octanol–water partition coefficient (Wildman–Crippen LogP) is 0.940. The summed E-state index contributed by atoms with van der Waals surface area (Å²) in [5.41, 5.74) is 7.75. The quantitative estimate of drug-likeness (QED) is 0.791. The molecule has 1 unspecified atom stereocenters. The van der Waals surface area contributed by atoms with E-state index in [-0.39, 0.29) is 30.3 Å². The zero-order valence-electron chi connectivity index (χ0n) is 15.1. The van der Waals surface area contributed by atoms with Crippen LogP contribution in [0.2, 0.25) is 0 Å². The third kappa shape index (κ3) is 4.04. The number of likely N-dealkylation sites (tertiary alicyclic amines) is 1. The monoisotopic (exact) mass is 358 g/mol. The van der Waals surface area contributed by atoms with Crippen molar-refractivity contribution in [2.24, 2.45) is 5.73 Å². The molecular weight excluding hydrogens is 332 g/mol. The minimum Gasteiger partial charge on any atom is -0.348 e. The molecule has 3 rings (SSSR count). The smallest absolute Gasteiger partial charge is 0.239 e. The lowest BCUT2D eigenvalue weighted by atomic mass is 10.1. The predicted molar refractivity (Wildman–Crippen MR) is 98.4 cm³/mol. The van der Waals surface area contributed by atoms with E-state index in [9.17, 15) is 14.4 Å². The Balaban J connectivity index is 1.60. The number of nitrogens with two attached hydrogens (primary N) is 1. The van der Waals surface area contributed by atoms with Gasteiger partial charge in [-0.25, -0.2) is 0 Å². The van der Waals surface area contributed by atoms with Crippen LogP contribution in [0.5, 0.6) is 0 Å². The fraction of sp³-hybridized carbons (Fsp3) is 0.526. The molecule has 0 aliphatic carbocycles. The van der Waals surface area contributed by atoms with Crippen molar-refractivity contribution in [3.05, 3.63) is 29.8 Å². The normalized spacial score (nSPS) is 19.8. The molecule has 0 bridgehead atoms. The minimum absolute atomic E-state index is 0.0595. The highest BCUT2D eigenvalue weighted by molar-refractivity contribution is 5.95. The van der Waals surface area contributed by atoms with E-state index < -0.39 is 6.04 Å². The number of hydrogen-bond donors (Lipinski definition) is 2. The molecule has 0 spiro atoms. The molecule has 2 atom stereocenters. The number of nitrogens with zero attached hydrogens (tertiary/aromatic N) is 2. The van der Waals surface area contributed by atoms with Gasteiger partial charge in [0.25, 0.3) is 0 Å². The summed E-state index contributed by atoms with van der Waals surface area (Å²) in [6.07, 6.45) is 2.82. The van der Waals surface area contributed by atoms with Crippen LogP contribution in [0.15, 0.2) is 24.3 Å². The van der Waals surface area contributed by atoms with Crippen molar-refractivity contribution in [2.45, 2.75) is 44.7 Å². The second kappa shape index (κ2) is 7.86.